The number of anilines is 1. The predicted molar refractivity (Wildman–Crippen MR) is 90.2 cm³/mol. The fourth-order valence-electron chi connectivity index (χ4n) is 2.48. The van der Waals surface area contributed by atoms with E-state index < -0.39 is 0 Å². The quantitative estimate of drug-likeness (QED) is 0.730. The molecule has 0 spiro atoms. The molecule has 0 radical (unpaired) electrons. The van der Waals surface area contributed by atoms with E-state index >= 15 is 0 Å². The van der Waals surface area contributed by atoms with Crippen molar-refractivity contribution >= 4 is 11.7 Å². The van der Waals surface area contributed by atoms with Gasteiger partial charge in [-0.05, 0) is 44.7 Å². The van der Waals surface area contributed by atoms with E-state index in [9.17, 15) is 4.79 Å². The second-order valence-corrected chi connectivity index (χ2v) is 6.68. The number of ether oxygens (including phenoxy) is 1. The van der Waals surface area contributed by atoms with E-state index in [4.69, 9.17) is 4.74 Å². The average molecular weight is 320 g/mol. The van der Waals surface area contributed by atoms with Gasteiger partial charge in [-0.15, -0.1) is 5.10 Å². The largest absolute Gasteiger partial charge is 0.378 e. The van der Waals surface area contributed by atoms with Gasteiger partial charge < -0.3 is 15.4 Å². The van der Waals surface area contributed by atoms with Crippen LogP contribution in [0.2, 0.25) is 0 Å². The lowest BCUT2D eigenvalue weighted by molar-refractivity contribution is -0.125. The minimum Gasteiger partial charge on any atom is -0.378 e. The Hall–Kier alpha value is -1.69. The summed E-state index contributed by atoms with van der Waals surface area (Å²) in [6, 6.07) is 3.83. The van der Waals surface area contributed by atoms with Gasteiger partial charge >= 0.3 is 0 Å². The molecule has 23 heavy (non-hydrogen) atoms. The Bertz CT molecular complexity index is 512. The van der Waals surface area contributed by atoms with Crippen LogP contribution in [0.25, 0.3) is 0 Å². The fraction of sp³-hybridized carbons (Fsp3) is 0.706. The zero-order chi connectivity index (χ0) is 16.9. The predicted octanol–water partition coefficient (Wildman–Crippen LogP) is 2.30. The third kappa shape index (κ3) is 5.46. The highest BCUT2D eigenvalue weighted by atomic mass is 16.5. The molecule has 1 atom stereocenters. The Labute approximate surface area is 138 Å². The number of nitrogens with one attached hydrogen (secondary N) is 2. The van der Waals surface area contributed by atoms with Crippen molar-refractivity contribution in [1.82, 2.24) is 15.5 Å². The Morgan fingerprint density at radius 3 is 2.61 bits per heavy atom. The molecular formula is C17H28N4O2. The van der Waals surface area contributed by atoms with Gasteiger partial charge in [-0.1, -0.05) is 13.8 Å². The minimum atomic E-state index is -0.141. The van der Waals surface area contributed by atoms with Crippen LogP contribution in [0.4, 0.5) is 5.82 Å². The van der Waals surface area contributed by atoms with Crippen LogP contribution in [0.3, 0.4) is 0 Å². The number of hydrogen-bond acceptors (Lipinski definition) is 5. The van der Waals surface area contributed by atoms with Gasteiger partial charge in [0.2, 0.25) is 5.91 Å². The SMILES string of the molecule is CCOC(CC(=O)NC1(CNc2ccc(C)nn2)CC1)C(C)C. The smallest absolute Gasteiger partial charge is 0.223 e. The molecule has 128 valence electrons. The number of aromatic nitrogens is 2. The average Bonchev–Trinajstić information content (AvgIpc) is 3.26. The molecule has 1 saturated carbocycles. The molecule has 0 bridgehead atoms. The number of nitrogens with zero attached hydrogens (tertiary/aromatic N) is 2. The van der Waals surface area contributed by atoms with E-state index in [-0.39, 0.29) is 17.6 Å². The first-order valence-corrected chi connectivity index (χ1v) is 8.41. The van der Waals surface area contributed by atoms with Gasteiger partial charge in [0.1, 0.15) is 5.82 Å². The first-order valence-electron chi connectivity index (χ1n) is 8.41. The van der Waals surface area contributed by atoms with E-state index in [1.807, 2.05) is 26.0 Å². The highest BCUT2D eigenvalue weighted by molar-refractivity contribution is 5.78. The summed E-state index contributed by atoms with van der Waals surface area (Å²) in [4.78, 5) is 12.3. The monoisotopic (exact) mass is 320 g/mol. The summed E-state index contributed by atoms with van der Waals surface area (Å²) in [6.45, 7) is 9.34. The van der Waals surface area contributed by atoms with E-state index in [0.717, 1.165) is 24.4 Å². The van der Waals surface area contributed by atoms with Crippen LogP contribution in [0.1, 0.15) is 45.7 Å². The number of carbonyl (C=O) groups excluding carboxylic acids is 1. The Morgan fingerprint density at radius 2 is 2.09 bits per heavy atom. The van der Waals surface area contributed by atoms with Crippen LogP contribution in [-0.4, -0.2) is 40.9 Å². The molecule has 6 heteroatoms. The molecule has 1 unspecified atom stereocenters. The molecule has 1 heterocycles. The summed E-state index contributed by atoms with van der Waals surface area (Å²) in [7, 11) is 0. The molecule has 0 saturated heterocycles. The van der Waals surface area contributed by atoms with E-state index in [1.54, 1.807) is 0 Å². The minimum absolute atomic E-state index is 0.0216. The summed E-state index contributed by atoms with van der Waals surface area (Å²) < 4.78 is 5.65. The van der Waals surface area contributed by atoms with E-state index in [2.05, 4.69) is 34.7 Å². The van der Waals surface area contributed by atoms with Gasteiger partial charge in [-0.2, -0.15) is 5.10 Å². The molecule has 1 fully saturated rings. The lowest BCUT2D eigenvalue weighted by Gasteiger charge is -2.23. The highest BCUT2D eigenvalue weighted by Gasteiger charge is 2.44. The van der Waals surface area contributed by atoms with Crippen LogP contribution in [0, 0.1) is 12.8 Å². The van der Waals surface area contributed by atoms with Crippen molar-refractivity contribution in [2.24, 2.45) is 5.92 Å². The number of carbonyl (C=O) groups is 1. The molecule has 1 aliphatic rings. The number of aryl methyl sites for hydroxylation is 1. The third-order valence-electron chi connectivity index (χ3n) is 4.17. The van der Waals surface area contributed by atoms with Gasteiger partial charge in [-0.25, -0.2) is 0 Å². The summed E-state index contributed by atoms with van der Waals surface area (Å²) in [5, 5.41) is 14.5. The van der Waals surface area contributed by atoms with Crippen molar-refractivity contribution in [1.29, 1.82) is 0 Å². The zero-order valence-electron chi connectivity index (χ0n) is 14.6. The summed E-state index contributed by atoms with van der Waals surface area (Å²) in [5.74, 6) is 1.13. The normalized spacial score (nSPS) is 16.9. The van der Waals surface area contributed by atoms with Crippen LogP contribution in [0.15, 0.2) is 12.1 Å². The van der Waals surface area contributed by atoms with Crippen molar-refractivity contribution in [2.75, 3.05) is 18.5 Å². The molecule has 0 aliphatic heterocycles. The molecule has 1 aliphatic carbocycles. The second-order valence-electron chi connectivity index (χ2n) is 6.68. The number of amides is 1. The van der Waals surface area contributed by atoms with Crippen molar-refractivity contribution < 1.29 is 9.53 Å². The number of rotatable bonds is 9. The van der Waals surface area contributed by atoms with Gasteiger partial charge in [0.05, 0.1) is 23.8 Å². The molecule has 6 nitrogen and oxygen atoms in total. The zero-order valence-corrected chi connectivity index (χ0v) is 14.6. The second kappa shape index (κ2) is 7.73. The van der Waals surface area contributed by atoms with Crippen LogP contribution in [-0.2, 0) is 9.53 Å². The standard InChI is InChI=1S/C17H28N4O2/c1-5-23-14(12(2)3)10-16(22)19-17(8-9-17)11-18-15-7-6-13(4)20-21-15/h6-7,12,14H,5,8-11H2,1-4H3,(H,18,21)(H,19,22). The van der Waals surface area contributed by atoms with Crippen molar-refractivity contribution in [3.05, 3.63) is 17.8 Å². The maximum absolute atomic E-state index is 12.3. The molecule has 2 rings (SSSR count). The molecule has 1 aromatic heterocycles. The molecule has 1 amide bonds. The Kier molecular flexibility index (Phi) is 5.93. The molecular weight excluding hydrogens is 292 g/mol. The fourth-order valence-corrected chi connectivity index (χ4v) is 2.48. The van der Waals surface area contributed by atoms with Gasteiger partial charge in [0.15, 0.2) is 0 Å². The summed E-state index contributed by atoms with van der Waals surface area (Å²) in [6.07, 6.45) is 2.38. The van der Waals surface area contributed by atoms with Crippen LogP contribution < -0.4 is 10.6 Å². The first kappa shape index (κ1) is 17.7. The van der Waals surface area contributed by atoms with E-state index in [0.29, 0.717) is 25.5 Å². The van der Waals surface area contributed by atoms with Gasteiger partial charge in [0, 0.05) is 13.2 Å². The van der Waals surface area contributed by atoms with Crippen molar-refractivity contribution in [2.45, 2.75) is 58.6 Å². The molecule has 2 N–H and O–H groups in total. The summed E-state index contributed by atoms with van der Waals surface area (Å²) >= 11 is 0. The molecule has 0 aromatic carbocycles. The highest BCUT2D eigenvalue weighted by Crippen LogP contribution is 2.35. The maximum atomic E-state index is 12.3. The summed E-state index contributed by atoms with van der Waals surface area (Å²) in [5.41, 5.74) is 0.748. The topological polar surface area (TPSA) is 76.1 Å². The lowest BCUT2D eigenvalue weighted by atomic mass is 10.0. The Morgan fingerprint density at radius 1 is 1.35 bits per heavy atom. The third-order valence-corrected chi connectivity index (χ3v) is 4.17. The van der Waals surface area contributed by atoms with Gasteiger partial charge in [-0.3, -0.25) is 4.79 Å². The maximum Gasteiger partial charge on any atom is 0.223 e. The first-order chi connectivity index (χ1) is 10.9. The van der Waals surface area contributed by atoms with E-state index in [1.165, 1.54) is 0 Å². The van der Waals surface area contributed by atoms with Crippen molar-refractivity contribution in [3.8, 4) is 0 Å². The van der Waals surface area contributed by atoms with Crippen LogP contribution in [0.5, 0.6) is 0 Å². The van der Waals surface area contributed by atoms with Gasteiger partial charge in [0.25, 0.3) is 0 Å². The molecule has 1 aromatic rings. The lowest BCUT2D eigenvalue weighted by Crippen LogP contribution is -2.43. The van der Waals surface area contributed by atoms with Crippen molar-refractivity contribution in [3.63, 3.8) is 0 Å². The Balaban J connectivity index is 1.81. The number of hydrogen-bond donors (Lipinski definition) is 2. The van der Waals surface area contributed by atoms with Crippen LogP contribution >= 0.6 is 0 Å².